The van der Waals surface area contributed by atoms with E-state index >= 15 is 0 Å². The van der Waals surface area contributed by atoms with Crippen molar-refractivity contribution in [2.75, 3.05) is 36.7 Å². The third kappa shape index (κ3) is 6.32. The highest BCUT2D eigenvalue weighted by molar-refractivity contribution is 6.06. The van der Waals surface area contributed by atoms with Gasteiger partial charge in [0.05, 0.1) is 18.5 Å². The van der Waals surface area contributed by atoms with Crippen LogP contribution >= 0.6 is 24.8 Å². The number of methoxy groups -OCH3 is 1. The zero-order valence-electron chi connectivity index (χ0n) is 15.3. The van der Waals surface area contributed by atoms with Crippen molar-refractivity contribution in [2.45, 2.75) is 19.8 Å². The number of nitrogens with zero attached hydrogens (tertiary/aromatic N) is 1. The average molecular weight is 400 g/mol. The molecule has 0 heterocycles. The number of rotatable bonds is 7. The summed E-state index contributed by atoms with van der Waals surface area (Å²) in [6.45, 7) is 3.17. The summed E-state index contributed by atoms with van der Waals surface area (Å²) in [6, 6.07) is 12.7. The highest BCUT2D eigenvalue weighted by Crippen LogP contribution is 2.25. The summed E-state index contributed by atoms with van der Waals surface area (Å²) in [6.07, 6.45) is 2.31. The number of unbranched alkanes of at least 4 members (excludes halogenated alkanes) is 1. The van der Waals surface area contributed by atoms with E-state index < -0.39 is 0 Å². The molecule has 1 amide bonds. The lowest BCUT2D eigenvalue weighted by molar-refractivity contribution is 0.102. The molecule has 0 aromatic heterocycles. The molecule has 2 aromatic carbocycles. The van der Waals surface area contributed by atoms with Gasteiger partial charge in [-0.1, -0.05) is 13.3 Å². The average Bonchev–Trinajstić information content (AvgIpc) is 2.61. The molecule has 3 N–H and O–H groups in total. The molecular formula is C19H27Cl2N3O2. The molecule has 5 nitrogen and oxygen atoms in total. The first-order valence-electron chi connectivity index (χ1n) is 8.11. The fraction of sp³-hybridized carbons (Fsp3) is 0.316. The fourth-order valence-corrected chi connectivity index (χ4v) is 2.36. The van der Waals surface area contributed by atoms with Crippen LogP contribution in [0, 0.1) is 0 Å². The third-order valence-electron chi connectivity index (χ3n) is 3.93. The van der Waals surface area contributed by atoms with Crippen LogP contribution in [-0.4, -0.2) is 26.6 Å². The van der Waals surface area contributed by atoms with Crippen LogP contribution < -0.4 is 20.7 Å². The molecule has 7 heteroatoms. The second-order valence-electron chi connectivity index (χ2n) is 5.73. The Bertz CT molecular complexity index is 694. The summed E-state index contributed by atoms with van der Waals surface area (Å²) in [7, 11) is 3.63. The first-order chi connectivity index (χ1) is 11.5. The van der Waals surface area contributed by atoms with Gasteiger partial charge in [-0.15, -0.1) is 24.8 Å². The molecule has 0 aliphatic rings. The normalized spacial score (nSPS) is 9.50. The molecule has 0 radical (unpaired) electrons. The first-order valence-corrected chi connectivity index (χ1v) is 8.11. The van der Waals surface area contributed by atoms with E-state index in [0.717, 1.165) is 25.1 Å². The number of hydrogen-bond acceptors (Lipinski definition) is 4. The number of carbonyl (C=O) groups excluding carboxylic acids is 1. The smallest absolute Gasteiger partial charge is 0.255 e. The Morgan fingerprint density at radius 1 is 1.15 bits per heavy atom. The van der Waals surface area contributed by atoms with Crippen molar-refractivity contribution in [3.05, 3.63) is 48.0 Å². The Kier molecular flexibility index (Phi) is 10.6. The van der Waals surface area contributed by atoms with Gasteiger partial charge in [-0.2, -0.15) is 0 Å². The van der Waals surface area contributed by atoms with Crippen LogP contribution in [0.25, 0.3) is 0 Å². The van der Waals surface area contributed by atoms with E-state index in [1.807, 2.05) is 24.3 Å². The van der Waals surface area contributed by atoms with Gasteiger partial charge < -0.3 is 20.7 Å². The maximum absolute atomic E-state index is 12.4. The highest BCUT2D eigenvalue weighted by atomic mass is 35.5. The number of nitrogen functional groups attached to an aromatic ring is 1. The molecule has 0 aliphatic heterocycles. The predicted octanol–water partition coefficient (Wildman–Crippen LogP) is 4.61. The molecule has 0 unspecified atom stereocenters. The van der Waals surface area contributed by atoms with E-state index in [9.17, 15) is 4.79 Å². The number of hydrogen-bond donors (Lipinski definition) is 2. The molecule has 0 fully saturated rings. The van der Waals surface area contributed by atoms with Crippen molar-refractivity contribution in [1.29, 1.82) is 0 Å². The Morgan fingerprint density at radius 2 is 1.81 bits per heavy atom. The minimum Gasteiger partial charge on any atom is -0.497 e. The Balaban J connectivity index is 0.00000312. The van der Waals surface area contributed by atoms with E-state index in [1.165, 1.54) is 0 Å². The number of amides is 1. The Morgan fingerprint density at radius 3 is 2.38 bits per heavy atom. The third-order valence-corrected chi connectivity index (χ3v) is 3.93. The molecule has 0 bridgehead atoms. The van der Waals surface area contributed by atoms with E-state index in [1.54, 1.807) is 25.3 Å². The summed E-state index contributed by atoms with van der Waals surface area (Å²) in [5, 5.41) is 2.83. The van der Waals surface area contributed by atoms with Crippen LogP contribution in [0.2, 0.25) is 0 Å². The number of anilines is 3. The van der Waals surface area contributed by atoms with Gasteiger partial charge in [0.25, 0.3) is 5.91 Å². The Hall–Kier alpha value is -2.11. The molecular weight excluding hydrogens is 373 g/mol. The van der Waals surface area contributed by atoms with E-state index in [2.05, 4.69) is 24.2 Å². The summed E-state index contributed by atoms with van der Waals surface area (Å²) < 4.78 is 5.16. The molecule has 0 aliphatic carbocycles. The molecule has 2 rings (SSSR count). The van der Waals surface area contributed by atoms with Crippen LogP contribution in [0.5, 0.6) is 5.75 Å². The fourth-order valence-electron chi connectivity index (χ4n) is 2.36. The minimum atomic E-state index is -0.197. The number of ether oxygens (including phenoxy) is 1. The zero-order chi connectivity index (χ0) is 17.5. The minimum absolute atomic E-state index is 0. The van der Waals surface area contributed by atoms with Gasteiger partial charge in [0.1, 0.15) is 5.75 Å². The lowest BCUT2D eigenvalue weighted by Gasteiger charge is -2.19. The summed E-state index contributed by atoms with van der Waals surface area (Å²) >= 11 is 0. The van der Waals surface area contributed by atoms with Gasteiger partial charge in [-0.25, -0.2) is 0 Å². The second-order valence-corrected chi connectivity index (χ2v) is 5.73. The first kappa shape index (κ1) is 23.9. The number of halogens is 2. The quantitative estimate of drug-likeness (QED) is 0.666. The highest BCUT2D eigenvalue weighted by Gasteiger charge is 2.10. The number of nitrogens with two attached hydrogens (primary N) is 1. The van der Waals surface area contributed by atoms with Crippen LogP contribution in [-0.2, 0) is 0 Å². The van der Waals surface area contributed by atoms with Crippen molar-refractivity contribution in [3.8, 4) is 5.75 Å². The standard InChI is InChI=1S/C19H25N3O2.2ClH/c1-4-5-12-22(2)15-8-6-14(7-9-15)19(23)21-18-13-16(24-3)10-11-17(18)20;;/h6-11,13H,4-5,12,20H2,1-3H3,(H,21,23);2*1H. The predicted molar refractivity (Wildman–Crippen MR) is 114 cm³/mol. The summed E-state index contributed by atoms with van der Waals surface area (Å²) in [5.41, 5.74) is 8.63. The largest absolute Gasteiger partial charge is 0.497 e. The van der Waals surface area contributed by atoms with Crippen molar-refractivity contribution >= 4 is 47.8 Å². The van der Waals surface area contributed by atoms with E-state index in [4.69, 9.17) is 10.5 Å². The van der Waals surface area contributed by atoms with Crippen molar-refractivity contribution in [3.63, 3.8) is 0 Å². The van der Waals surface area contributed by atoms with Crippen LogP contribution in [0.1, 0.15) is 30.1 Å². The van der Waals surface area contributed by atoms with Gasteiger partial charge in [-0.3, -0.25) is 4.79 Å². The lowest BCUT2D eigenvalue weighted by atomic mass is 10.1. The van der Waals surface area contributed by atoms with Crippen molar-refractivity contribution in [1.82, 2.24) is 0 Å². The van der Waals surface area contributed by atoms with Gasteiger partial charge in [0, 0.05) is 30.9 Å². The van der Waals surface area contributed by atoms with E-state index in [-0.39, 0.29) is 30.7 Å². The Labute approximate surface area is 167 Å². The van der Waals surface area contributed by atoms with E-state index in [0.29, 0.717) is 22.7 Å². The molecule has 0 atom stereocenters. The summed E-state index contributed by atoms with van der Waals surface area (Å²) in [5.74, 6) is 0.449. The zero-order valence-corrected chi connectivity index (χ0v) is 17.0. The van der Waals surface area contributed by atoms with Gasteiger partial charge in [-0.05, 0) is 42.8 Å². The SMILES string of the molecule is CCCCN(C)c1ccc(C(=O)Nc2cc(OC)ccc2N)cc1.Cl.Cl. The molecule has 0 spiro atoms. The van der Waals surface area contributed by atoms with Crippen LogP contribution in [0.15, 0.2) is 42.5 Å². The van der Waals surface area contributed by atoms with Crippen LogP contribution in [0.4, 0.5) is 17.1 Å². The van der Waals surface area contributed by atoms with Crippen LogP contribution in [0.3, 0.4) is 0 Å². The summed E-state index contributed by atoms with van der Waals surface area (Å²) in [4.78, 5) is 14.6. The monoisotopic (exact) mass is 399 g/mol. The van der Waals surface area contributed by atoms with Gasteiger partial charge in [0.15, 0.2) is 0 Å². The van der Waals surface area contributed by atoms with Crippen molar-refractivity contribution in [2.24, 2.45) is 0 Å². The van der Waals surface area contributed by atoms with Crippen molar-refractivity contribution < 1.29 is 9.53 Å². The lowest BCUT2D eigenvalue weighted by Crippen LogP contribution is -2.18. The molecule has 26 heavy (non-hydrogen) atoms. The number of carbonyl (C=O) groups is 1. The second kappa shape index (κ2) is 11.5. The van der Waals surface area contributed by atoms with Gasteiger partial charge in [0.2, 0.25) is 0 Å². The molecule has 2 aromatic rings. The maximum atomic E-state index is 12.4. The topological polar surface area (TPSA) is 67.6 Å². The maximum Gasteiger partial charge on any atom is 0.255 e. The molecule has 144 valence electrons. The molecule has 0 saturated heterocycles. The van der Waals surface area contributed by atoms with Gasteiger partial charge >= 0.3 is 0 Å². The number of nitrogens with one attached hydrogen (secondary N) is 1. The molecule has 0 saturated carbocycles. The number of benzene rings is 2.